The number of hydrogen-bond acceptors (Lipinski definition) is 0. The minimum atomic E-state index is 0. The fraction of sp³-hybridized carbons (Fsp3) is 0.882. The topological polar surface area (TPSA) is 0 Å². The van der Waals surface area contributed by atoms with Crippen LogP contribution in [-0.2, 0) is 0 Å². The molecule has 0 saturated heterocycles. The van der Waals surface area contributed by atoms with Crippen LogP contribution in [0.2, 0.25) is 0 Å². The van der Waals surface area contributed by atoms with E-state index >= 15 is 0 Å². The maximum Gasteiger partial charge on any atom is -0.0110 e. The van der Waals surface area contributed by atoms with Crippen LogP contribution in [-0.4, -0.2) is 0 Å². The first-order valence-corrected chi connectivity index (χ1v) is 5.82. The lowest BCUT2D eigenvalue weighted by Gasteiger charge is -2.25. The van der Waals surface area contributed by atoms with Crippen LogP contribution in [0.3, 0.4) is 0 Å². The molecule has 0 aromatic rings. The van der Waals surface area contributed by atoms with E-state index in [4.69, 9.17) is 0 Å². The fourth-order valence-corrected chi connectivity index (χ4v) is 2.85. The van der Waals surface area contributed by atoms with E-state index in [0.717, 1.165) is 0 Å². The zero-order valence-corrected chi connectivity index (χ0v) is 9.69. The maximum absolute atomic E-state index is 2.50. The van der Waals surface area contributed by atoms with Crippen molar-refractivity contribution in [2.24, 2.45) is 10.8 Å². The van der Waals surface area contributed by atoms with Gasteiger partial charge in [0.15, 0.2) is 0 Å². The molecule has 2 aliphatic rings. The molecule has 0 atom stereocenters. The van der Waals surface area contributed by atoms with Gasteiger partial charge in [-0.05, 0) is 30.1 Å². The molecule has 1 saturated carbocycles. The zero-order chi connectivity index (χ0) is 9.95. The van der Waals surface area contributed by atoms with Gasteiger partial charge in [-0.1, -0.05) is 82.4 Å². The van der Waals surface area contributed by atoms with Gasteiger partial charge in [0.2, 0.25) is 0 Å². The van der Waals surface area contributed by atoms with E-state index in [0.29, 0.717) is 10.8 Å². The molecule has 0 heterocycles. The second kappa shape index (κ2) is 9.74. The van der Waals surface area contributed by atoms with Crippen LogP contribution in [0, 0.1) is 10.8 Å². The molecule has 0 aromatic carbocycles. The van der Waals surface area contributed by atoms with Gasteiger partial charge in [0.05, 0.1) is 0 Å². The van der Waals surface area contributed by atoms with Gasteiger partial charge in [-0.15, -0.1) is 0 Å². The Morgan fingerprint density at radius 3 is 1.47 bits per heavy atom. The normalized spacial score (nSPS) is 20.9. The summed E-state index contributed by atoms with van der Waals surface area (Å²) in [5, 5.41) is 0. The second-order valence-electron chi connectivity index (χ2n) is 5.07. The molecule has 0 amide bonds. The van der Waals surface area contributed by atoms with Crippen molar-refractivity contribution in [1.82, 2.24) is 0 Å². The van der Waals surface area contributed by atoms with Crippen molar-refractivity contribution >= 4 is 0 Å². The minimum Gasteiger partial charge on any atom is -0.0823 e. The van der Waals surface area contributed by atoms with Gasteiger partial charge in [0, 0.05) is 0 Å². The van der Waals surface area contributed by atoms with Crippen molar-refractivity contribution in [1.29, 1.82) is 0 Å². The standard InChI is InChI=1S/C11H18.C2H6.4CH4/c1-10(2)7-8-11(9-10)5-3-4-6-11;1-2;;;;/h7-8H,3-6,9H2,1-2H3;1-2H3;4*1H4. The number of hydrogen-bond donors (Lipinski definition) is 0. The Labute approximate surface area is 113 Å². The average molecular weight is 245 g/mol. The Kier molecular flexibility index (Phi) is 14.6. The second-order valence-corrected chi connectivity index (χ2v) is 5.07. The highest BCUT2D eigenvalue weighted by Crippen LogP contribution is 2.52. The highest BCUT2D eigenvalue weighted by molar-refractivity contribution is 5.15. The van der Waals surface area contributed by atoms with Crippen molar-refractivity contribution in [2.75, 3.05) is 0 Å². The number of rotatable bonds is 0. The molecule has 1 fully saturated rings. The van der Waals surface area contributed by atoms with Crippen molar-refractivity contribution in [3.63, 3.8) is 0 Å². The first-order valence-electron chi connectivity index (χ1n) is 5.82. The monoisotopic (exact) mass is 244 g/mol. The van der Waals surface area contributed by atoms with Crippen molar-refractivity contribution in [3.8, 4) is 0 Å². The van der Waals surface area contributed by atoms with E-state index in [2.05, 4.69) is 26.0 Å². The fourth-order valence-electron chi connectivity index (χ4n) is 2.85. The highest BCUT2D eigenvalue weighted by Gasteiger charge is 2.39. The molecular formula is C17H40. The van der Waals surface area contributed by atoms with Gasteiger partial charge in [0.25, 0.3) is 0 Å². The van der Waals surface area contributed by atoms with Crippen LogP contribution in [0.15, 0.2) is 12.2 Å². The quantitative estimate of drug-likeness (QED) is 0.398. The van der Waals surface area contributed by atoms with Gasteiger partial charge in [-0.3, -0.25) is 0 Å². The summed E-state index contributed by atoms with van der Waals surface area (Å²) in [7, 11) is 0. The summed E-state index contributed by atoms with van der Waals surface area (Å²) in [5.74, 6) is 0. The van der Waals surface area contributed by atoms with Crippen LogP contribution < -0.4 is 0 Å². The van der Waals surface area contributed by atoms with E-state index in [-0.39, 0.29) is 29.7 Å². The van der Waals surface area contributed by atoms with Gasteiger partial charge >= 0.3 is 0 Å². The lowest BCUT2D eigenvalue weighted by molar-refractivity contribution is 0.291. The smallest absolute Gasteiger partial charge is 0.0110 e. The molecule has 0 aromatic heterocycles. The van der Waals surface area contributed by atoms with E-state index < -0.39 is 0 Å². The third kappa shape index (κ3) is 6.29. The van der Waals surface area contributed by atoms with Gasteiger partial charge < -0.3 is 0 Å². The first-order chi connectivity index (χ1) is 6.12. The summed E-state index contributed by atoms with van der Waals surface area (Å²) in [6.07, 6.45) is 12.2. The predicted octanol–water partition coefficient (Wildman–Crippen LogP) is 7.10. The highest BCUT2D eigenvalue weighted by atomic mass is 14.4. The summed E-state index contributed by atoms with van der Waals surface area (Å²) in [6, 6.07) is 0. The molecular weight excluding hydrogens is 204 g/mol. The van der Waals surface area contributed by atoms with E-state index in [1.165, 1.54) is 32.1 Å². The Morgan fingerprint density at radius 1 is 0.765 bits per heavy atom. The third-order valence-electron chi connectivity index (χ3n) is 3.30. The van der Waals surface area contributed by atoms with E-state index in [1.54, 1.807) is 0 Å². The predicted molar refractivity (Wildman–Crippen MR) is 86.7 cm³/mol. The summed E-state index contributed by atoms with van der Waals surface area (Å²) >= 11 is 0. The average Bonchev–Trinajstić information content (AvgIpc) is 2.65. The Bertz CT molecular complexity index is 180. The lowest BCUT2D eigenvalue weighted by atomic mass is 9.79. The van der Waals surface area contributed by atoms with Crippen LogP contribution in [0.5, 0.6) is 0 Å². The summed E-state index contributed by atoms with van der Waals surface area (Å²) in [5.41, 5.74) is 1.13. The SMILES string of the molecule is C.C.C.C.CC.CC1(C)C=CC2(CCCC2)C1. The third-order valence-corrected chi connectivity index (χ3v) is 3.30. The Morgan fingerprint density at radius 2 is 1.18 bits per heavy atom. The van der Waals surface area contributed by atoms with E-state index in [9.17, 15) is 0 Å². The molecule has 0 nitrogen and oxygen atoms in total. The van der Waals surface area contributed by atoms with E-state index in [1.807, 2.05) is 13.8 Å². The zero-order valence-electron chi connectivity index (χ0n) is 9.69. The Balaban J connectivity index is -0.000000134. The van der Waals surface area contributed by atoms with Gasteiger partial charge in [0.1, 0.15) is 0 Å². The van der Waals surface area contributed by atoms with Crippen LogP contribution in [0.4, 0.5) is 0 Å². The molecule has 0 bridgehead atoms. The summed E-state index contributed by atoms with van der Waals surface area (Å²) in [6.45, 7) is 8.72. The molecule has 0 heteroatoms. The Hall–Kier alpha value is -0.260. The maximum atomic E-state index is 2.50. The van der Waals surface area contributed by atoms with Crippen LogP contribution >= 0.6 is 0 Å². The molecule has 17 heavy (non-hydrogen) atoms. The molecule has 108 valence electrons. The molecule has 0 aliphatic heterocycles. The molecule has 1 spiro atoms. The van der Waals surface area contributed by atoms with Crippen molar-refractivity contribution in [3.05, 3.63) is 12.2 Å². The lowest BCUT2D eigenvalue weighted by Crippen LogP contribution is -2.15. The minimum absolute atomic E-state index is 0. The molecule has 0 N–H and O–H groups in total. The largest absolute Gasteiger partial charge is 0.0823 e. The molecule has 2 rings (SSSR count). The molecule has 2 aliphatic carbocycles. The van der Waals surface area contributed by atoms with Crippen LogP contribution in [0.1, 0.15) is 89.5 Å². The first kappa shape index (κ1) is 25.6. The van der Waals surface area contributed by atoms with Crippen LogP contribution in [0.25, 0.3) is 0 Å². The van der Waals surface area contributed by atoms with Gasteiger partial charge in [-0.2, -0.15) is 0 Å². The van der Waals surface area contributed by atoms with Gasteiger partial charge in [-0.25, -0.2) is 0 Å². The molecule has 0 unspecified atom stereocenters. The van der Waals surface area contributed by atoms with Crippen molar-refractivity contribution in [2.45, 2.75) is 89.5 Å². The summed E-state index contributed by atoms with van der Waals surface area (Å²) in [4.78, 5) is 0. The molecule has 0 radical (unpaired) electrons. The van der Waals surface area contributed by atoms with Crippen molar-refractivity contribution < 1.29 is 0 Å². The number of allylic oxidation sites excluding steroid dienone is 2. The summed E-state index contributed by atoms with van der Waals surface area (Å²) < 4.78 is 0.